The Kier molecular flexibility index (Phi) is 20.2. The SMILES string of the molecule is CC1=CCCCCCCCCCCCC(=O)C1.CC1CC=CCCCCCCCCCC(=O)C1. The van der Waals surface area contributed by atoms with Gasteiger partial charge in [-0.05, 0) is 57.8 Å². The Morgan fingerprint density at radius 1 is 0.588 bits per heavy atom. The van der Waals surface area contributed by atoms with E-state index in [-0.39, 0.29) is 0 Å². The van der Waals surface area contributed by atoms with Gasteiger partial charge < -0.3 is 0 Å². The monoisotopic (exact) mass is 472 g/mol. The lowest BCUT2D eigenvalue weighted by molar-refractivity contribution is -0.120. The van der Waals surface area contributed by atoms with Gasteiger partial charge in [-0.25, -0.2) is 0 Å². The fourth-order valence-electron chi connectivity index (χ4n) is 5.01. The number of hydrogen-bond donors (Lipinski definition) is 0. The summed E-state index contributed by atoms with van der Waals surface area (Å²) in [5.74, 6) is 1.44. The highest BCUT2D eigenvalue weighted by Crippen LogP contribution is 2.16. The summed E-state index contributed by atoms with van der Waals surface area (Å²) in [5, 5.41) is 0. The van der Waals surface area contributed by atoms with Crippen LogP contribution in [0, 0.1) is 5.92 Å². The highest BCUT2D eigenvalue weighted by Gasteiger charge is 2.08. The number of Topliss-reactive ketones (excluding diaryl/α,β-unsaturated/α-hetero) is 2. The van der Waals surface area contributed by atoms with Crippen molar-refractivity contribution in [1.82, 2.24) is 0 Å². The molecule has 34 heavy (non-hydrogen) atoms. The quantitative estimate of drug-likeness (QED) is 0.328. The number of hydrogen-bond acceptors (Lipinski definition) is 2. The summed E-state index contributed by atoms with van der Waals surface area (Å²) in [6.45, 7) is 4.30. The number of rotatable bonds is 0. The molecule has 0 aromatic rings. The third-order valence-electron chi connectivity index (χ3n) is 7.24. The van der Waals surface area contributed by atoms with Gasteiger partial charge in [0, 0.05) is 25.7 Å². The third-order valence-corrected chi connectivity index (χ3v) is 7.24. The molecule has 2 aliphatic rings. The van der Waals surface area contributed by atoms with Crippen molar-refractivity contribution in [3.05, 3.63) is 23.8 Å². The molecule has 0 saturated heterocycles. The van der Waals surface area contributed by atoms with Gasteiger partial charge in [0.1, 0.15) is 11.6 Å². The Hall–Kier alpha value is -1.18. The van der Waals surface area contributed by atoms with Crippen molar-refractivity contribution in [2.24, 2.45) is 5.92 Å². The van der Waals surface area contributed by atoms with E-state index in [1.165, 1.54) is 108 Å². The summed E-state index contributed by atoms with van der Waals surface area (Å²) in [7, 11) is 0. The maximum absolute atomic E-state index is 11.7. The average Bonchev–Trinajstić information content (AvgIpc) is 2.81. The van der Waals surface area contributed by atoms with Crippen molar-refractivity contribution in [2.45, 2.75) is 162 Å². The van der Waals surface area contributed by atoms with Crippen LogP contribution in [0.3, 0.4) is 0 Å². The second-order valence-electron chi connectivity index (χ2n) is 11.1. The zero-order valence-electron chi connectivity index (χ0n) is 22.9. The summed E-state index contributed by atoms with van der Waals surface area (Å²) in [5.41, 5.74) is 1.28. The Labute approximate surface area is 212 Å². The molecule has 0 saturated carbocycles. The van der Waals surface area contributed by atoms with Crippen LogP contribution in [0.2, 0.25) is 0 Å². The molecule has 0 heterocycles. The van der Waals surface area contributed by atoms with Gasteiger partial charge in [-0.2, -0.15) is 0 Å². The molecule has 1 unspecified atom stereocenters. The van der Waals surface area contributed by atoms with Crippen molar-refractivity contribution < 1.29 is 9.59 Å². The smallest absolute Gasteiger partial charge is 0.136 e. The molecule has 0 aromatic heterocycles. The van der Waals surface area contributed by atoms with E-state index in [4.69, 9.17) is 0 Å². The third kappa shape index (κ3) is 20.2. The van der Waals surface area contributed by atoms with E-state index in [0.717, 1.165) is 38.5 Å². The largest absolute Gasteiger partial charge is 0.300 e. The second kappa shape index (κ2) is 22.3. The maximum Gasteiger partial charge on any atom is 0.136 e. The van der Waals surface area contributed by atoms with Crippen LogP contribution in [0.1, 0.15) is 162 Å². The molecule has 2 heteroatoms. The molecule has 2 aliphatic carbocycles. The van der Waals surface area contributed by atoms with Crippen molar-refractivity contribution >= 4 is 11.6 Å². The van der Waals surface area contributed by atoms with Crippen molar-refractivity contribution in [2.75, 3.05) is 0 Å². The van der Waals surface area contributed by atoms with Gasteiger partial charge in [0.15, 0.2) is 0 Å². The first-order valence-corrected chi connectivity index (χ1v) is 14.9. The lowest BCUT2D eigenvalue weighted by Gasteiger charge is -2.07. The molecule has 196 valence electrons. The van der Waals surface area contributed by atoms with Gasteiger partial charge in [-0.15, -0.1) is 0 Å². The standard InChI is InChI=1S/2C16H28O/c2*1-15-12-10-8-6-4-2-3-5-7-9-11-13-16(17)14-15/h12H,2-11,13-14H2,1H3;8,10,15H,2-7,9,11-14H2,1H3. The minimum atomic E-state index is 0.439. The number of carbonyl (C=O) groups is 2. The molecule has 0 aliphatic heterocycles. The first-order valence-electron chi connectivity index (χ1n) is 14.9. The van der Waals surface area contributed by atoms with E-state index >= 15 is 0 Å². The minimum Gasteiger partial charge on any atom is -0.300 e. The second-order valence-corrected chi connectivity index (χ2v) is 11.1. The van der Waals surface area contributed by atoms with Crippen LogP contribution in [0.15, 0.2) is 23.8 Å². The molecule has 0 spiro atoms. The van der Waals surface area contributed by atoms with Gasteiger partial charge in [-0.3, -0.25) is 9.59 Å². The van der Waals surface area contributed by atoms with Gasteiger partial charge in [-0.1, -0.05) is 108 Å². The van der Waals surface area contributed by atoms with Crippen LogP contribution in [0.4, 0.5) is 0 Å². The van der Waals surface area contributed by atoms with Gasteiger partial charge in [0.2, 0.25) is 0 Å². The van der Waals surface area contributed by atoms with Crippen molar-refractivity contribution in [3.8, 4) is 0 Å². The Morgan fingerprint density at radius 3 is 1.65 bits per heavy atom. The van der Waals surface area contributed by atoms with Crippen LogP contribution in [-0.4, -0.2) is 11.6 Å². The van der Waals surface area contributed by atoms with Crippen LogP contribution in [0.25, 0.3) is 0 Å². The zero-order chi connectivity index (χ0) is 24.7. The lowest BCUT2D eigenvalue weighted by Crippen LogP contribution is -2.04. The molecular formula is C32H56O2. The van der Waals surface area contributed by atoms with Gasteiger partial charge in [0.05, 0.1) is 0 Å². The van der Waals surface area contributed by atoms with Crippen LogP contribution in [-0.2, 0) is 9.59 Å². The fraction of sp³-hybridized carbons (Fsp3) is 0.812. The normalized spacial score (nSPS) is 24.3. The first kappa shape index (κ1) is 30.9. The number of carbonyl (C=O) groups excluding carboxylic acids is 2. The molecule has 0 amide bonds. The molecule has 0 bridgehead atoms. The van der Waals surface area contributed by atoms with E-state index in [2.05, 4.69) is 32.1 Å². The van der Waals surface area contributed by atoms with Gasteiger partial charge in [0.25, 0.3) is 0 Å². The molecule has 0 radical (unpaired) electrons. The average molecular weight is 473 g/mol. The van der Waals surface area contributed by atoms with Crippen LogP contribution < -0.4 is 0 Å². The maximum atomic E-state index is 11.7. The highest BCUT2D eigenvalue weighted by molar-refractivity contribution is 5.80. The predicted octanol–water partition coefficient (Wildman–Crippen LogP) is 10.2. The fourth-order valence-corrected chi connectivity index (χ4v) is 5.01. The Balaban J connectivity index is 0.000000340. The zero-order valence-corrected chi connectivity index (χ0v) is 22.9. The Morgan fingerprint density at radius 2 is 1.06 bits per heavy atom. The number of allylic oxidation sites excluding steroid dienone is 4. The summed E-state index contributed by atoms with van der Waals surface area (Å²) in [4.78, 5) is 23.4. The molecule has 0 fully saturated rings. The molecular weight excluding hydrogens is 416 g/mol. The lowest BCUT2D eigenvalue weighted by atomic mass is 9.97. The number of ketones is 2. The van der Waals surface area contributed by atoms with Crippen molar-refractivity contribution in [3.63, 3.8) is 0 Å². The van der Waals surface area contributed by atoms with E-state index in [9.17, 15) is 9.59 Å². The van der Waals surface area contributed by atoms with Crippen molar-refractivity contribution in [1.29, 1.82) is 0 Å². The van der Waals surface area contributed by atoms with Crippen LogP contribution in [0.5, 0.6) is 0 Å². The first-order chi connectivity index (χ1) is 16.6. The van der Waals surface area contributed by atoms with Gasteiger partial charge >= 0.3 is 0 Å². The van der Waals surface area contributed by atoms with E-state index < -0.39 is 0 Å². The summed E-state index contributed by atoms with van der Waals surface area (Å²) < 4.78 is 0. The molecule has 2 nitrogen and oxygen atoms in total. The van der Waals surface area contributed by atoms with E-state index in [1.54, 1.807) is 0 Å². The topological polar surface area (TPSA) is 34.1 Å². The van der Waals surface area contributed by atoms with E-state index in [0.29, 0.717) is 23.9 Å². The summed E-state index contributed by atoms with van der Waals surface area (Å²) in [6.07, 6.45) is 34.4. The van der Waals surface area contributed by atoms with Crippen LogP contribution >= 0.6 is 0 Å². The highest BCUT2D eigenvalue weighted by atomic mass is 16.1. The summed E-state index contributed by atoms with van der Waals surface area (Å²) >= 11 is 0. The van der Waals surface area contributed by atoms with E-state index in [1.807, 2.05) is 0 Å². The molecule has 2 rings (SSSR count). The molecule has 0 N–H and O–H groups in total. The predicted molar refractivity (Wildman–Crippen MR) is 148 cm³/mol. The summed E-state index contributed by atoms with van der Waals surface area (Å²) in [6, 6.07) is 0. The minimum absolute atomic E-state index is 0.439. The molecule has 0 aromatic carbocycles. The Bertz CT molecular complexity index is 572. The molecule has 1 atom stereocenters.